The molecular weight excluding hydrogens is 298 g/mol. The Bertz CT molecular complexity index is 674. The minimum absolute atomic E-state index is 0.140. The molecule has 21 heavy (non-hydrogen) atoms. The molecule has 2 rings (SSSR count). The Labute approximate surface area is 125 Å². The number of aliphatic hydroxyl groups excluding tert-OH is 1. The van der Waals surface area contributed by atoms with Crippen molar-refractivity contribution in [2.75, 3.05) is 7.11 Å². The van der Waals surface area contributed by atoms with E-state index in [1.807, 2.05) is 0 Å². The zero-order chi connectivity index (χ0) is 15.4. The van der Waals surface area contributed by atoms with Gasteiger partial charge in [0.2, 0.25) is 0 Å². The smallest absolute Gasteiger partial charge is 0.314 e. The maximum Gasteiger partial charge on any atom is 0.314 e. The van der Waals surface area contributed by atoms with Crippen molar-refractivity contribution in [1.29, 1.82) is 0 Å². The molecule has 0 amide bonds. The highest BCUT2D eigenvalue weighted by atomic mass is 35.5. The summed E-state index contributed by atoms with van der Waals surface area (Å²) in [5.74, 6) is 0.727. The number of nitro groups is 1. The van der Waals surface area contributed by atoms with E-state index in [1.54, 1.807) is 12.1 Å². The molecule has 2 aromatic carbocycles. The molecule has 0 aliphatic heterocycles. The van der Waals surface area contributed by atoms with Crippen LogP contribution in [0.15, 0.2) is 36.4 Å². The third-order valence-corrected chi connectivity index (χ3v) is 3.01. The lowest BCUT2D eigenvalue weighted by Crippen LogP contribution is -1.96. The molecular formula is C14H12ClNO5. The normalized spacial score (nSPS) is 10.2. The van der Waals surface area contributed by atoms with Crippen LogP contribution in [0.3, 0.4) is 0 Å². The van der Waals surface area contributed by atoms with E-state index in [9.17, 15) is 15.2 Å². The molecule has 0 spiro atoms. The summed E-state index contributed by atoms with van der Waals surface area (Å²) >= 11 is 5.88. The second-order valence-electron chi connectivity index (χ2n) is 4.10. The van der Waals surface area contributed by atoms with E-state index in [2.05, 4.69) is 0 Å². The summed E-state index contributed by atoms with van der Waals surface area (Å²) in [5, 5.41) is 20.7. The van der Waals surface area contributed by atoms with Gasteiger partial charge in [-0.2, -0.15) is 0 Å². The lowest BCUT2D eigenvalue weighted by Gasteiger charge is -2.11. The Morgan fingerprint density at radius 1 is 1.24 bits per heavy atom. The van der Waals surface area contributed by atoms with Crippen molar-refractivity contribution in [3.63, 3.8) is 0 Å². The van der Waals surface area contributed by atoms with Crippen molar-refractivity contribution in [2.45, 2.75) is 6.61 Å². The number of methoxy groups -OCH3 is 1. The molecule has 6 nitrogen and oxygen atoms in total. The van der Waals surface area contributed by atoms with Crippen LogP contribution in [-0.4, -0.2) is 17.1 Å². The number of hydrogen-bond acceptors (Lipinski definition) is 5. The molecule has 0 bridgehead atoms. The Kier molecular flexibility index (Phi) is 4.62. The van der Waals surface area contributed by atoms with Crippen molar-refractivity contribution >= 4 is 17.3 Å². The number of rotatable bonds is 5. The topological polar surface area (TPSA) is 81.8 Å². The number of nitrogens with zero attached hydrogens (tertiary/aromatic N) is 1. The molecule has 110 valence electrons. The van der Waals surface area contributed by atoms with Crippen molar-refractivity contribution in [1.82, 2.24) is 0 Å². The molecule has 0 atom stereocenters. The van der Waals surface area contributed by atoms with E-state index >= 15 is 0 Å². The Hall–Kier alpha value is -2.31. The summed E-state index contributed by atoms with van der Waals surface area (Å²) < 4.78 is 10.5. The van der Waals surface area contributed by atoms with Gasteiger partial charge in [-0.1, -0.05) is 17.7 Å². The average molecular weight is 310 g/mol. The van der Waals surface area contributed by atoms with Gasteiger partial charge in [-0.25, -0.2) is 0 Å². The summed E-state index contributed by atoms with van der Waals surface area (Å²) in [6, 6.07) is 9.00. The summed E-state index contributed by atoms with van der Waals surface area (Å²) in [6.07, 6.45) is 0. The number of aliphatic hydroxyl groups is 1. The minimum atomic E-state index is -0.559. The monoisotopic (exact) mass is 309 g/mol. The van der Waals surface area contributed by atoms with Gasteiger partial charge in [0.15, 0.2) is 5.75 Å². The summed E-state index contributed by atoms with van der Waals surface area (Å²) in [5.41, 5.74) is 0.320. The lowest BCUT2D eigenvalue weighted by atomic mass is 10.2. The first-order valence-electron chi connectivity index (χ1n) is 5.94. The third kappa shape index (κ3) is 3.42. The molecule has 7 heteroatoms. The second kappa shape index (κ2) is 6.43. The van der Waals surface area contributed by atoms with Crippen LogP contribution in [0, 0.1) is 10.1 Å². The van der Waals surface area contributed by atoms with Crippen molar-refractivity contribution in [3.05, 3.63) is 57.1 Å². The van der Waals surface area contributed by atoms with E-state index in [-0.39, 0.29) is 23.8 Å². The van der Waals surface area contributed by atoms with Gasteiger partial charge in [-0.15, -0.1) is 0 Å². The largest absolute Gasteiger partial charge is 0.490 e. The quantitative estimate of drug-likeness (QED) is 0.674. The van der Waals surface area contributed by atoms with Crippen LogP contribution in [0.5, 0.6) is 17.2 Å². The van der Waals surface area contributed by atoms with Crippen molar-refractivity contribution in [3.8, 4) is 17.2 Å². The average Bonchev–Trinajstić information content (AvgIpc) is 2.47. The highest BCUT2D eigenvalue weighted by Gasteiger charge is 2.16. The SMILES string of the molecule is COc1ccc(Oc2cc(Cl)ccc2CO)cc1[N+](=O)[O-]. The fourth-order valence-corrected chi connectivity index (χ4v) is 1.92. The van der Waals surface area contributed by atoms with Crippen LogP contribution in [0.25, 0.3) is 0 Å². The molecule has 1 N–H and O–H groups in total. The van der Waals surface area contributed by atoms with E-state index in [0.717, 1.165) is 0 Å². The molecule has 0 saturated carbocycles. The summed E-state index contributed by atoms with van der Waals surface area (Å²) in [6.45, 7) is -0.231. The van der Waals surface area contributed by atoms with Gasteiger partial charge in [0.25, 0.3) is 0 Å². The fourth-order valence-electron chi connectivity index (χ4n) is 1.76. The molecule has 0 saturated heterocycles. The molecule has 0 radical (unpaired) electrons. The molecule has 0 aliphatic rings. The predicted octanol–water partition coefficient (Wildman–Crippen LogP) is 3.54. The molecule has 0 aliphatic carbocycles. The summed E-state index contributed by atoms with van der Waals surface area (Å²) in [7, 11) is 1.35. The van der Waals surface area contributed by atoms with Crippen LogP contribution in [0.2, 0.25) is 5.02 Å². The van der Waals surface area contributed by atoms with Gasteiger partial charge >= 0.3 is 5.69 Å². The second-order valence-corrected chi connectivity index (χ2v) is 4.54. The number of hydrogen-bond donors (Lipinski definition) is 1. The van der Waals surface area contributed by atoms with Crippen LogP contribution in [0.4, 0.5) is 5.69 Å². The van der Waals surface area contributed by atoms with E-state index in [1.165, 1.54) is 31.4 Å². The Balaban J connectivity index is 2.38. The Morgan fingerprint density at radius 2 is 2.00 bits per heavy atom. The third-order valence-electron chi connectivity index (χ3n) is 2.77. The van der Waals surface area contributed by atoms with E-state index < -0.39 is 4.92 Å². The zero-order valence-corrected chi connectivity index (χ0v) is 11.8. The predicted molar refractivity (Wildman–Crippen MR) is 77.1 cm³/mol. The molecule has 0 heterocycles. The first-order valence-corrected chi connectivity index (χ1v) is 6.32. The van der Waals surface area contributed by atoms with Crippen LogP contribution in [0.1, 0.15) is 5.56 Å². The maximum absolute atomic E-state index is 11.0. The van der Waals surface area contributed by atoms with Gasteiger partial charge in [0, 0.05) is 10.6 Å². The molecule has 2 aromatic rings. The lowest BCUT2D eigenvalue weighted by molar-refractivity contribution is -0.385. The van der Waals surface area contributed by atoms with Crippen molar-refractivity contribution < 1.29 is 19.5 Å². The highest BCUT2D eigenvalue weighted by molar-refractivity contribution is 6.30. The highest BCUT2D eigenvalue weighted by Crippen LogP contribution is 2.34. The number of ether oxygens (including phenoxy) is 2. The first-order chi connectivity index (χ1) is 10.0. The minimum Gasteiger partial charge on any atom is -0.490 e. The molecule has 0 unspecified atom stereocenters. The van der Waals surface area contributed by atoms with Gasteiger partial charge in [-0.05, 0) is 24.3 Å². The standard InChI is InChI=1S/C14H12ClNO5/c1-20-13-5-4-11(7-12(13)16(18)19)21-14-6-10(15)3-2-9(14)8-17/h2-7,17H,8H2,1H3. The molecule has 0 fully saturated rings. The molecule has 0 aromatic heterocycles. The van der Waals surface area contributed by atoms with Gasteiger partial charge < -0.3 is 14.6 Å². The van der Waals surface area contributed by atoms with Crippen LogP contribution in [-0.2, 0) is 6.61 Å². The van der Waals surface area contributed by atoms with Crippen molar-refractivity contribution in [2.24, 2.45) is 0 Å². The number of benzene rings is 2. The Morgan fingerprint density at radius 3 is 2.62 bits per heavy atom. The van der Waals surface area contributed by atoms with Crippen LogP contribution >= 0.6 is 11.6 Å². The first kappa shape index (κ1) is 15.1. The zero-order valence-electron chi connectivity index (χ0n) is 11.1. The fraction of sp³-hybridized carbons (Fsp3) is 0.143. The van der Waals surface area contributed by atoms with Gasteiger partial charge in [-0.3, -0.25) is 10.1 Å². The van der Waals surface area contributed by atoms with Gasteiger partial charge in [0.05, 0.1) is 24.7 Å². The van der Waals surface area contributed by atoms with Gasteiger partial charge in [0.1, 0.15) is 11.5 Å². The summed E-state index contributed by atoms with van der Waals surface area (Å²) in [4.78, 5) is 10.4. The van der Waals surface area contributed by atoms with Crippen LogP contribution < -0.4 is 9.47 Å². The van der Waals surface area contributed by atoms with E-state index in [0.29, 0.717) is 16.3 Å². The number of halogens is 1. The number of nitro benzene ring substituents is 1. The van der Waals surface area contributed by atoms with E-state index in [4.69, 9.17) is 21.1 Å². The maximum atomic E-state index is 11.0.